The van der Waals surface area contributed by atoms with Gasteiger partial charge in [0, 0.05) is 13.0 Å². The van der Waals surface area contributed by atoms with E-state index in [1.54, 1.807) is 0 Å². The van der Waals surface area contributed by atoms with Gasteiger partial charge in [-0.3, -0.25) is 9.59 Å². The molecule has 1 heterocycles. The molecule has 0 aliphatic carbocycles. The average molecular weight is 300 g/mol. The summed E-state index contributed by atoms with van der Waals surface area (Å²) in [5, 5.41) is 10.1. The molecular formula is C10H12F4N2O4. The van der Waals surface area contributed by atoms with Gasteiger partial charge in [-0.25, -0.2) is 9.18 Å². The average Bonchev–Trinajstić information content (AvgIpc) is 2.70. The van der Waals surface area contributed by atoms with Crippen molar-refractivity contribution < 1.29 is 37.1 Å². The van der Waals surface area contributed by atoms with Crippen LogP contribution in [0.25, 0.3) is 0 Å². The molecule has 0 aromatic heterocycles. The van der Waals surface area contributed by atoms with Gasteiger partial charge in [-0.1, -0.05) is 0 Å². The van der Waals surface area contributed by atoms with Gasteiger partial charge >= 0.3 is 12.1 Å². The Morgan fingerprint density at radius 3 is 2.35 bits per heavy atom. The lowest BCUT2D eigenvalue weighted by molar-refractivity contribution is -0.150. The van der Waals surface area contributed by atoms with Crippen molar-refractivity contribution in [3.05, 3.63) is 0 Å². The second-order valence-electron chi connectivity index (χ2n) is 4.40. The largest absolute Gasteiger partial charge is 0.479 e. The number of hydrogen-bond acceptors (Lipinski definition) is 3. The Bertz CT molecular complexity index is 426. The summed E-state index contributed by atoms with van der Waals surface area (Å²) in [6.07, 6.45) is -5.90. The summed E-state index contributed by atoms with van der Waals surface area (Å²) in [7, 11) is 0. The molecule has 1 saturated heterocycles. The van der Waals surface area contributed by atoms with E-state index in [1.807, 2.05) is 0 Å². The maximum Gasteiger partial charge on any atom is 0.405 e. The predicted molar refractivity (Wildman–Crippen MR) is 56.4 cm³/mol. The summed E-state index contributed by atoms with van der Waals surface area (Å²) in [4.78, 5) is 34.0. The third kappa shape index (κ3) is 4.35. The fourth-order valence-electron chi connectivity index (χ4n) is 1.67. The molecule has 2 amide bonds. The number of carboxylic acids is 1. The Labute approximate surface area is 110 Å². The van der Waals surface area contributed by atoms with Crippen molar-refractivity contribution in [3.8, 4) is 0 Å². The molecule has 0 saturated carbocycles. The number of likely N-dealkylation sites (tertiary alicyclic amines) is 1. The molecule has 10 heteroatoms. The summed E-state index contributed by atoms with van der Waals surface area (Å²) in [6.45, 7) is -2.48. The van der Waals surface area contributed by atoms with Crippen LogP contribution in [0.5, 0.6) is 0 Å². The van der Waals surface area contributed by atoms with Crippen LogP contribution in [0.15, 0.2) is 0 Å². The zero-order valence-electron chi connectivity index (χ0n) is 10.2. The van der Waals surface area contributed by atoms with Crippen molar-refractivity contribution in [1.29, 1.82) is 0 Å². The lowest BCUT2D eigenvalue weighted by Gasteiger charge is -2.17. The number of nitrogens with one attached hydrogen (secondary N) is 1. The van der Waals surface area contributed by atoms with Crippen LogP contribution in [-0.4, -0.2) is 59.3 Å². The van der Waals surface area contributed by atoms with E-state index in [1.165, 1.54) is 5.32 Å². The molecule has 0 aromatic rings. The van der Waals surface area contributed by atoms with Crippen LogP contribution in [0.4, 0.5) is 17.6 Å². The number of carbonyl (C=O) groups excluding carboxylic acids is 2. The summed E-state index contributed by atoms with van der Waals surface area (Å²) >= 11 is 0. The molecule has 1 atom stereocenters. The minimum absolute atomic E-state index is 0.200. The highest BCUT2D eigenvalue weighted by Gasteiger charge is 2.47. The van der Waals surface area contributed by atoms with E-state index >= 15 is 0 Å². The molecular weight excluding hydrogens is 288 g/mol. The number of halogens is 4. The summed E-state index contributed by atoms with van der Waals surface area (Å²) < 4.78 is 49.1. The number of aliphatic carboxylic acids is 1. The molecule has 0 bridgehead atoms. The van der Waals surface area contributed by atoms with Crippen molar-refractivity contribution in [2.75, 3.05) is 19.6 Å². The third-order valence-corrected chi connectivity index (χ3v) is 2.75. The second kappa shape index (κ2) is 5.63. The number of nitrogens with zero attached hydrogens (tertiary/aromatic N) is 1. The SMILES string of the molecule is O=C(CC(=O)N1CCC(F)(C(=O)O)C1)NCC(F)(F)F. The van der Waals surface area contributed by atoms with E-state index < -0.39 is 55.6 Å². The van der Waals surface area contributed by atoms with Gasteiger partial charge in [0.15, 0.2) is 0 Å². The molecule has 1 rings (SSSR count). The number of rotatable bonds is 4. The van der Waals surface area contributed by atoms with Crippen LogP contribution in [0, 0.1) is 0 Å². The first-order chi connectivity index (χ1) is 9.03. The molecule has 1 unspecified atom stereocenters. The maximum absolute atomic E-state index is 13.6. The molecule has 0 radical (unpaired) electrons. The van der Waals surface area contributed by atoms with Gasteiger partial charge in [0.2, 0.25) is 17.5 Å². The molecule has 6 nitrogen and oxygen atoms in total. The molecule has 1 aliphatic rings. The van der Waals surface area contributed by atoms with Gasteiger partial charge in [0.25, 0.3) is 0 Å². The molecule has 2 N–H and O–H groups in total. The Hall–Kier alpha value is -1.87. The van der Waals surface area contributed by atoms with Crippen molar-refractivity contribution in [2.24, 2.45) is 0 Å². The Balaban J connectivity index is 2.45. The highest BCUT2D eigenvalue weighted by Crippen LogP contribution is 2.26. The Kier molecular flexibility index (Phi) is 4.56. The van der Waals surface area contributed by atoms with Crippen LogP contribution < -0.4 is 5.32 Å². The van der Waals surface area contributed by atoms with Gasteiger partial charge in [-0.15, -0.1) is 0 Å². The molecule has 1 fully saturated rings. The van der Waals surface area contributed by atoms with Crippen LogP contribution in [0.1, 0.15) is 12.8 Å². The van der Waals surface area contributed by atoms with E-state index in [0.717, 1.165) is 4.90 Å². The van der Waals surface area contributed by atoms with Crippen LogP contribution in [0.3, 0.4) is 0 Å². The maximum atomic E-state index is 13.6. The van der Waals surface area contributed by atoms with E-state index in [0.29, 0.717) is 0 Å². The summed E-state index contributed by atoms with van der Waals surface area (Å²) in [6, 6.07) is 0. The zero-order valence-corrected chi connectivity index (χ0v) is 10.2. The monoisotopic (exact) mass is 300 g/mol. The number of alkyl halides is 4. The molecule has 20 heavy (non-hydrogen) atoms. The van der Waals surface area contributed by atoms with Crippen molar-refractivity contribution >= 4 is 17.8 Å². The number of hydrogen-bond donors (Lipinski definition) is 2. The van der Waals surface area contributed by atoms with Crippen molar-refractivity contribution in [1.82, 2.24) is 10.2 Å². The highest BCUT2D eigenvalue weighted by molar-refractivity contribution is 5.97. The highest BCUT2D eigenvalue weighted by atomic mass is 19.4. The first-order valence-corrected chi connectivity index (χ1v) is 5.57. The third-order valence-electron chi connectivity index (χ3n) is 2.75. The van der Waals surface area contributed by atoms with Crippen LogP contribution in [-0.2, 0) is 14.4 Å². The fraction of sp³-hybridized carbons (Fsp3) is 0.700. The minimum atomic E-state index is -4.59. The van der Waals surface area contributed by atoms with E-state index in [2.05, 4.69) is 0 Å². The van der Waals surface area contributed by atoms with Gasteiger partial charge in [0.05, 0.1) is 6.54 Å². The number of carbonyl (C=O) groups is 3. The minimum Gasteiger partial charge on any atom is -0.479 e. The normalized spacial score (nSPS) is 22.7. The molecule has 0 aromatic carbocycles. The topological polar surface area (TPSA) is 86.7 Å². The lowest BCUT2D eigenvalue weighted by atomic mass is 10.1. The van der Waals surface area contributed by atoms with Gasteiger partial charge < -0.3 is 15.3 Å². The van der Waals surface area contributed by atoms with Crippen molar-refractivity contribution in [2.45, 2.75) is 24.7 Å². The van der Waals surface area contributed by atoms with Gasteiger partial charge in [0.1, 0.15) is 13.0 Å². The van der Waals surface area contributed by atoms with E-state index in [4.69, 9.17) is 5.11 Å². The molecule has 114 valence electrons. The van der Waals surface area contributed by atoms with Gasteiger partial charge in [-0.05, 0) is 0 Å². The molecule has 0 spiro atoms. The Morgan fingerprint density at radius 2 is 1.90 bits per heavy atom. The lowest BCUT2D eigenvalue weighted by Crippen LogP contribution is -2.41. The summed E-state index contributed by atoms with van der Waals surface area (Å²) in [5.74, 6) is -3.78. The number of carboxylic acid groups (broad SMARTS) is 1. The standard InChI is InChI=1S/C10H12F4N2O4/c11-9(8(19)20)1-2-16(5-9)7(18)3-6(17)15-4-10(12,13)14/h1-5H2,(H,15,17)(H,19,20). The Morgan fingerprint density at radius 1 is 1.30 bits per heavy atom. The number of amides is 2. The smallest absolute Gasteiger partial charge is 0.405 e. The quantitative estimate of drug-likeness (QED) is 0.568. The van der Waals surface area contributed by atoms with Gasteiger partial charge in [-0.2, -0.15) is 13.2 Å². The van der Waals surface area contributed by atoms with Crippen LogP contribution >= 0.6 is 0 Å². The van der Waals surface area contributed by atoms with E-state index in [-0.39, 0.29) is 6.54 Å². The van der Waals surface area contributed by atoms with Crippen molar-refractivity contribution in [3.63, 3.8) is 0 Å². The first kappa shape index (κ1) is 16.2. The first-order valence-electron chi connectivity index (χ1n) is 5.57. The zero-order chi connectivity index (χ0) is 15.6. The summed E-state index contributed by atoms with van der Waals surface area (Å²) in [5.41, 5.74) is -2.57. The predicted octanol–water partition coefficient (Wildman–Crippen LogP) is 0.0802. The fourth-order valence-corrected chi connectivity index (χ4v) is 1.67. The van der Waals surface area contributed by atoms with E-state index in [9.17, 15) is 31.9 Å². The second-order valence-corrected chi connectivity index (χ2v) is 4.40. The van der Waals surface area contributed by atoms with Crippen LogP contribution in [0.2, 0.25) is 0 Å². The molecule has 1 aliphatic heterocycles.